The van der Waals surface area contributed by atoms with Gasteiger partial charge in [-0.05, 0) is 23.1 Å². The lowest BCUT2D eigenvalue weighted by atomic mass is 10.1. The van der Waals surface area contributed by atoms with Gasteiger partial charge in [0.15, 0.2) is 5.13 Å². The fourth-order valence-corrected chi connectivity index (χ4v) is 3.77. The van der Waals surface area contributed by atoms with Gasteiger partial charge in [0.1, 0.15) is 0 Å². The van der Waals surface area contributed by atoms with E-state index in [4.69, 9.17) is 11.6 Å². The Morgan fingerprint density at radius 3 is 2.82 bits per heavy atom. The van der Waals surface area contributed by atoms with Gasteiger partial charge in [-0.1, -0.05) is 35.9 Å². The highest BCUT2D eigenvalue weighted by atomic mass is 35.5. The fraction of sp³-hybridized carbons (Fsp3) is 0.125. The summed E-state index contributed by atoms with van der Waals surface area (Å²) >= 11 is 9.22. The SMILES string of the molecule is O=C(Cc1cccs1)Nc1ncc(Cc2ccccc2Cl)s1. The van der Waals surface area contributed by atoms with Crippen LogP contribution >= 0.6 is 34.3 Å². The molecule has 0 unspecified atom stereocenters. The molecule has 3 nitrogen and oxygen atoms in total. The van der Waals surface area contributed by atoms with Crippen molar-refractivity contribution in [3.63, 3.8) is 0 Å². The van der Waals surface area contributed by atoms with E-state index in [9.17, 15) is 4.79 Å². The van der Waals surface area contributed by atoms with Crippen LogP contribution in [0, 0.1) is 0 Å². The van der Waals surface area contributed by atoms with E-state index in [-0.39, 0.29) is 5.91 Å². The van der Waals surface area contributed by atoms with Crippen LogP contribution < -0.4 is 5.32 Å². The van der Waals surface area contributed by atoms with E-state index in [0.29, 0.717) is 11.6 Å². The molecule has 0 aliphatic carbocycles. The monoisotopic (exact) mass is 348 g/mol. The molecule has 0 radical (unpaired) electrons. The van der Waals surface area contributed by atoms with Crippen molar-refractivity contribution in [2.45, 2.75) is 12.8 Å². The van der Waals surface area contributed by atoms with E-state index in [1.54, 1.807) is 17.5 Å². The number of anilines is 1. The maximum Gasteiger partial charge on any atom is 0.231 e. The summed E-state index contributed by atoms with van der Waals surface area (Å²) in [4.78, 5) is 18.3. The molecule has 0 atom stereocenters. The smallest absolute Gasteiger partial charge is 0.231 e. The Morgan fingerprint density at radius 1 is 1.18 bits per heavy atom. The molecule has 0 saturated heterocycles. The minimum atomic E-state index is -0.0407. The summed E-state index contributed by atoms with van der Waals surface area (Å²) in [6, 6.07) is 11.6. The highest BCUT2D eigenvalue weighted by Crippen LogP contribution is 2.24. The molecule has 3 rings (SSSR count). The first-order valence-corrected chi connectivity index (χ1v) is 8.78. The first kappa shape index (κ1) is 15.2. The van der Waals surface area contributed by atoms with Crippen LogP contribution in [0.2, 0.25) is 5.02 Å². The molecule has 112 valence electrons. The first-order chi connectivity index (χ1) is 10.7. The van der Waals surface area contributed by atoms with Crippen molar-refractivity contribution >= 4 is 45.3 Å². The van der Waals surface area contributed by atoms with Crippen molar-refractivity contribution < 1.29 is 4.79 Å². The normalized spacial score (nSPS) is 10.6. The molecule has 2 aromatic heterocycles. The van der Waals surface area contributed by atoms with Crippen molar-refractivity contribution in [1.82, 2.24) is 4.98 Å². The number of carbonyl (C=O) groups is 1. The molecule has 0 aliphatic heterocycles. The highest BCUT2D eigenvalue weighted by molar-refractivity contribution is 7.15. The summed E-state index contributed by atoms with van der Waals surface area (Å²) in [5.74, 6) is -0.0407. The third kappa shape index (κ3) is 3.94. The van der Waals surface area contributed by atoms with Gasteiger partial charge in [-0.25, -0.2) is 4.98 Å². The summed E-state index contributed by atoms with van der Waals surface area (Å²) in [6.45, 7) is 0. The number of halogens is 1. The Bertz CT molecular complexity index is 768. The van der Waals surface area contributed by atoms with Gasteiger partial charge in [0.05, 0.1) is 6.42 Å². The minimum Gasteiger partial charge on any atom is -0.302 e. The van der Waals surface area contributed by atoms with E-state index >= 15 is 0 Å². The van der Waals surface area contributed by atoms with Crippen molar-refractivity contribution in [2.75, 3.05) is 5.32 Å². The molecule has 0 aliphatic rings. The molecule has 3 aromatic rings. The summed E-state index contributed by atoms with van der Waals surface area (Å²) in [5.41, 5.74) is 1.06. The third-order valence-electron chi connectivity index (χ3n) is 3.04. The van der Waals surface area contributed by atoms with Crippen LogP contribution in [0.25, 0.3) is 0 Å². The fourth-order valence-electron chi connectivity index (χ4n) is 2.01. The third-order valence-corrected chi connectivity index (χ3v) is 5.20. The summed E-state index contributed by atoms with van der Waals surface area (Å²) < 4.78 is 0. The molecule has 2 heterocycles. The number of aromatic nitrogens is 1. The molecule has 6 heteroatoms. The highest BCUT2D eigenvalue weighted by Gasteiger charge is 2.09. The zero-order chi connectivity index (χ0) is 15.4. The van der Waals surface area contributed by atoms with Crippen LogP contribution in [0.1, 0.15) is 15.3 Å². The number of nitrogens with zero attached hydrogens (tertiary/aromatic N) is 1. The molecule has 0 bridgehead atoms. The molecular formula is C16H13ClN2OS2. The number of nitrogens with one attached hydrogen (secondary N) is 1. The van der Waals surface area contributed by atoms with E-state index < -0.39 is 0 Å². The van der Waals surface area contributed by atoms with Crippen LogP contribution in [0.4, 0.5) is 5.13 Å². The van der Waals surface area contributed by atoms with Gasteiger partial charge in [-0.2, -0.15) is 0 Å². The second-order valence-electron chi connectivity index (χ2n) is 4.70. The lowest BCUT2D eigenvalue weighted by Crippen LogP contribution is -2.13. The Balaban J connectivity index is 1.61. The van der Waals surface area contributed by atoms with E-state index in [2.05, 4.69) is 10.3 Å². The molecule has 0 spiro atoms. The second-order valence-corrected chi connectivity index (χ2v) is 7.26. The van der Waals surface area contributed by atoms with Gasteiger partial charge in [0, 0.05) is 27.4 Å². The zero-order valence-corrected chi connectivity index (χ0v) is 14.0. The summed E-state index contributed by atoms with van der Waals surface area (Å²) in [6.07, 6.45) is 2.89. The number of hydrogen-bond donors (Lipinski definition) is 1. The summed E-state index contributed by atoms with van der Waals surface area (Å²) in [5, 5.41) is 6.19. The van der Waals surface area contributed by atoms with Gasteiger partial charge in [-0.15, -0.1) is 22.7 Å². The second kappa shape index (κ2) is 7.05. The van der Waals surface area contributed by atoms with Gasteiger partial charge >= 0.3 is 0 Å². The van der Waals surface area contributed by atoms with Crippen LogP contribution in [0.15, 0.2) is 48.0 Å². The van der Waals surface area contributed by atoms with Crippen LogP contribution in [0.3, 0.4) is 0 Å². The Labute approximate surface area is 141 Å². The van der Waals surface area contributed by atoms with Crippen LogP contribution in [0.5, 0.6) is 0 Å². The lowest BCUT2D eigenvalue weighted by molar-refractivity contribution is -0.115. The Morgan fingerprint density at radius 2 is 2.05 bits per heavy atom. The molecule has 0 fully saturated rings. The molecular weight excluding hydrogens is 336 g/mol. The van der Waals surface area contributed by atoms with E-state index in [0.717, 1.165) is 26.8 Å². The molecule has 22 heavy (non-hydrogen) atoms. The zero-order valence-electron chi connectivity index (χ0n) is 11.6. The average Bonchev–Trinajstić information content (AvgIpc) is 3.14. The standard InChI is InChI=1S/C16H13ClN2OS2/c17-14-6-2-1-4-11(14)8-13-10-18-16(22-13)19-15(20)9-12-5-3-7-21-12/h1-7,10H,8-9H2,(H,18,19,20). The Kier molecular flexibility index (Phi) is 4.87. The number of rotatable bonds is 5. The van der Waals surface area contributed by atoms with Crippen molar-refractivity contribution in [2.24, 2.45) is 0 Å². The minimum absolute atomic E-state index is 0.0407. The van der Waals surface area contributed by atoms with Crippen molar-refractivity contribution in [1.29, 1.82) is 0 Å². The largest absolute Gasteiger partial charge is 0.302 e. The Hall–Kier alpha value is -1.69. The predicted molar refractivity (Wildman–Crippen MR) is 93.0 cm³/mol. The number of thiazole rings is 1. The molecule has 0 saturated carbocycles. The summed E-state index contributed by atoms with van der Waals surface area (Å²) in [7, 11) is 0. The van der Waals surface area contributed by atoms with Gasteiger partial charge < -0.3 is 5.32 Å². The van der Waals surface area contributed by atoms with Crippen molar-refractivity contribution in [3.8, 4) is 0 Å². The van der Waals surface area contributed by atoms with Gasteiger partial charge in [0.25, 0.3) is 0 Å². The van der Waals surface area contributed by atoms with Gasteiger partial charge in [0.2, 0.25) is 5.91 Å². The number of thiophene rings is 1. The lowest BCUT2D eigenvalue weighted by Gasteiger charge is -2.01. The first-order valence-electron chi connectivity index (χ1n) is 6.71. The number of benzene rings is 1. The molecule has 1 amide bonds. The van der Waals surface area contributed by atoms with Crippen LogP contribution in [-0.2, 0) is 17.6 Å². The quantitative estimate of drug-likeness (QED) is 0.730. The number of carbonyl (C=O) groups excluding carboxylic acids is 1. The average molecular weight is 349 g/mol. The van der Waals surface area contributed by atoms with Gasteiger partial charge in [-0.3, -0.25) is 4.79 Å². The molecule has 1 aromatic carbocycles. The van der Waals surface area contributed by atoms with E-state index in [1.807, 2.05) is 41.8 Å². The predicted octanol–water partition coefficient (Wildman–Crippen LogP) is 4.63. The maximum atomic E-state index is 11.9. The topological polar surface area (TPSA) is 42.0 Å². The van der Waals surface area contributed by atoms with Crippen LogP contribution in [-0.4, -0.2) is 10.9 Å². The molecule has 1 N–H and O–H groups in total. The van der Waals surface area contributed by atoms with Crippen molar-refractivity contribution in [3.05, 3.63) is 68.3 Å². The maximum absolute atomic E-state index is 11.9. The number of hydrogen-bond acceptors (Lipinski definition) is 4. The number of amides is 1. The van der Waals surface area contributed by atoms with E-state index in [1.165, 1.54) is 11.3 Å².